The summed E-state index contributed by atoms with van der Waals surface area (Å²) in [6, 6.07) is 58.8. The van der Waals surface area contributed by atoms with E-state index in [1.165, 1.54) is 50.2 Å². The summed E-state index contributed by atoms with van der Waals surface area (Å²) >= 11 is 0. The fourth-order valence-electron chi connectivity index (χ4n) is 7.56. The third-order valence-electron chi connectivity index (χ3n) is 9.90. The van der Waals surface area contributed by atoms with Crippen LogP contribution >= 0.6 is 0 Å². The van der Waals surface area contributed by atoms with Crippen LogP contribution in [0.3, 0.4) is 0 Å². The highest BCUT2D eigenvalue weighted by atomic mass is 16.3. The van der Waals surface area contributed by atoms with E-state index in [0.29, 0.717) is 0 Å². The second-order valence-corrected chi connectivity index (χ2v) is 12.9. The molecule has 1 aliphatic carbocycles. The summed E-state index contributed by atoms with van der Waals surface area (Å²) in [5.41, 5.74) is 15.2. The van der Waals surface area contributed by atoms with E-state index >= 15 is 0 Å². The number of furan rings is 1. The molecule has 0 fully saturated rings. The fraction of sp³-hybridized carbons (Fsp3) is 0.0667. The average molecular weight is 604 g/mol. The summed E-state index contributed by atoms with van der Waals surface area (Å²) in [4.78, 5) is 2.43. The molecule has 7 aromatic carbocycles. The van der Waals surface area contributed by atoms with Gasteiger partial charge in [-0.25, -0.2) is 0 Å². The molecule has 0 unspecified atom stereocenters. The molecule has 0 spiro atoms. The lowest BCUT2D eigenvalue weighted by atomic mass is 9.82. The van der Waals surface area contributed by atoms with Gasteiger partial charge in [0.1, 0.15) is 11.2 Å². The second kappa shape index (κ2) is 10.6. The molecule has 1 aliphatic rings. The topological polar surface area (TPSA) is 16.4 Å². The van der Waals surface area contributed by atoms with Gasteiger partial charge in [0.15, 0.2) is 0 Å². The largest absolute Gasteiger partial charge is 0.456 e. The van der Waals surface area contributed by atoms with Crippen LogP contribution < -0.4 is 4.90 Å². The van der Waals surface area contributed by atoms with E-state index in [1.807, 2.05) is 6.07 Å². The van der Waals surface area contributed by atoms with E-state index in [9.17, 15) is 0 Å². The third kappa shape index (κ3) is 4.33. The van der Waals surface area contributed by atoms with Gasteiger partial charge in [0.25, 0.3) is 0 Å². The van der Waals surface area contributed by atoms with E-state index in [1.54, 1.807) is 0 Å². The van der Waals surface area contributed by atoms with Crippen LogP contribution in [-0.2, 0) is 5.41 Å². The summed E-state index contributed by atoms with van der Waals surface area (Å²) in [6.45, 7) is 4.68. The van der Waals surface area contributed by atoms with Crippen molar-refractivity contribution >= 4 is 39.0 Å². The van der Waals surface area contributed by atoms with Crippen LogP contribution in [0, 0.1) is 0 Å². The summed E-state index contributed by atoms with van der Waals surface area (Å²) in [6.07, 6.45) is 0. The molecule has 0 saturated carbocycles. The molecular weight excluding hydrogens is 571 g/mol. The van der Waals surface area contributed by atoms with Crippen LogP contribution in [0.15, 0.2) is 168 Å². The van der Waals surface area contributed by atoms with Crippen LogP contribution in [-0.4, -0.2) is 0 Å². The minimum Gasteiger partial charge on any atom is -0.456 e. The molecule has 0 saturated heterocycles. The molecule has 9 rings (SSSR count). The van der Waals surface area contributed by atoms with Crippen LogP contribution in [0.4, 0.5) is 17.1 Å². The molecule has 2 heteroatoms. The molecule has 0 N–H and O–H groups in total. The molecule has 224 valence electrons. The first-order valence-corrected chi connectivity index (χ1v) is 16.3. The lowest BCUT2D eigenvalue weighted by Crippen LogP contribution is -2.16. The number of para-hydroxylation sites is 1. The number of anilines is 3. The molecule has 1 aromatic heterocycles. The zero-order valence-electron chi connectivity index (χ0n) is 26.4. The standard InChI is InChI=1S/C45H33NO/c1-45(2)37-16-8-6-14-35(37)43-38(45)17-10-18-39(43)46(40-19-11-21-42-44(40)36-15-7-9-20-41(36)47-42)34-28-26-33(27-29-34)32-24-22-31(23-25-32)30-12-4-3-5-13-30/h3-29H,1-2H3. The molecule has 0 atom stereocenters. The Labute approximate surface area is 275 Å². The number of hydrogen-bond donors (Lipinski definition) is 0. The number of benzene rings is 7. The van der Waals surface area contributed by atoms with Crippen molar-refractivity contribution in [2.75, 3.05) is 4.90 Å². The Kier molecular flexibility index (Phi) is 6.20. The van der Waals surface area contributed by atoms with E-state index < -0.39 is 0 Å². The number of rotatable bonds is 5. The molecule has 47 heavy (non-hydrogen) atoms. The summed E-state index contributed by atoms with van der Waals surface area (Å²) in [7, 11) is 0. The maximum absolute atomic E-state index is 6.39. The van der Waals surface area contributed by atoms with Crippen LogP contribution in [0.2, 0.25) is 0 Å². The Bertz CT molecular complexity index is 2410. The maximum atomic E-state index is 6.39. The number of fused-ring (bicyclic) bond motifs is 6. The van der Waals surface area contributed by atoms with Crippen LogP contribution in [0.1, 0.15) is 25.0 Å². The van der Waals surface area contributed by atoms with Crippen molar-refractivity contribution in [3.63, 3.8) is 0 Å². The predicted molar refractivity (Wildman–Crippen MR) is 197 cm³/mol. The van der Waals surface area contributed by atoms with Crippen molar-refractivity contribution in [2.45, 2.75) is 19.3 Å². The van der Waals surface area contributed by atoms with E-state index in [0.717, 1.165) is 33.3 Å². The maximum Gasteiger partial charge on any atom is 0.137 e. The van der Waals surface area contributed by atoms with Crippen molar-refractivity contribution in [1.29, 1.82) is 0 Å². The van der Waals surface area contributed by atoms with Gasteiger partial charge in [-0.2, -0.15) is 0 Å². The highest BCUT2D eigenvalue weighted by Crippen LogP contribution is 2.55. The highest BCUT2D eigenvalue weighted by molar-refractivity contribution is 6.14. The summed E-state index contributed by atoms with van der Waals surface area (Å²) < 4.78 is 6.39. The van der Waals surface area contributed by atoms with Gasteiger partial charge in [0.05, 0.1) is 16.8 Å². The van der Waals surface area contributed by atoms with Gasteiger partial charge in [0.2, 0.25) is 0 Å². The van der Waals surface area contributed by atoms with Crippen molar-refractivity contribution < 1.29 is 4.42 Å². The Morgan fingerprint density at radius 3 is 1.77 bits per heavy atom. The SMILES string of the molecule is CC1(C)c2ccccc2-c2c(N(c3ccc(-c4ccc(-c5ccccc5)cc4)cc3)c3cccc4oc5ccccc5c34)cccc21. The number of hydrogen-bond acceptors (Lipinski definition) is 2. The zero-order valence-corrected chi connectivity index (χ0v) is 26.4. The fourth-order valence-corrected chi connectivity index (χ4v) is 7.56. The van der Waals surface area contributed by atoms with Gasteiger partial charge in [-0.15, -0.1) is 0 Å². The molecule has 2 nitrogen and oxygen atoms in total. The Morgan fingerprint density at radius 2 is 1.00 bits per heavy atom. The molecular formula is C45H33NO. The third-order valence-corrected chi connectivity index (χ3v) is 9.90. The van der Waals surface area contributed by atoms with E-state index in [4.69, 9.17) is 4.42 Å². The molecule has 1 heterocycles. The molecule has 8 aromatic rings. The quantitative estimate of drug-likeness (QED) is 0.195. The highest BCUT2D eigenvalue weighted by Gasteiger charge is 2.38. The van der Waals surface area contributed by atoms with Crippen molar-refractivity contribution in [2.24, 2.45) is 0 Å². The predicted octanol–water partition coefficient (Wildman–Crippen LogP) is 12.7. The van der Waals surface area contributed by atoms with Crippen molar-refractivity contribution in [1.82, 2.24) is 0 Å². The minimum atomic E-state index is -0.0995. The van der Waals surface area contributed by atoms with Gasteiger partial charge in [-0.1, -0.05) is 141 Å². The van der Waals surface area contributed by atoms with Crippen molar-refractivity contribution in [3.8, 4) is 33.4 Å². The lowest BCUT2D eigenvalue weighted by molar-refractivity contribution is 0.660. The molecule has 0 amide bonds. The first-order valence-electron chi connectivity index (χ1n) is 16.3. The lowest BCUT2D eigenvalue weighted by Gasteiger charge is -2.29. The Balaban J connectivity index is 1.23. The first-order chi connectivity index (χ1) is 23.1. The van der Waals surface area contributed by atoms with E-state index in [2.05, 4.69) is 176 Å². The van der Waals surface area contributed by atoms with Gasteiger partial charge in [-0.3, -0.25) is 0 Å². The molecule has 0 radical (unpaired) electrons. The van der Waals surface area contributed by atoms with Crippen LogP contribution in [0.25, 0.3) is 55.3 Å². The second-order valence-electron chi connectivity index (χ2n) is 12.9. The van der Waals surface area contributed by atoms with E-state index in [-0.39, 0.29) is 5.41 Å². The van der Waals surface area contributed by atoms with Gasteiger partial charge >= 0.3 is 0 Å². The summed E-state index contributed by atoms with van der Waals surface area (Å²) in [5.74, 6) is 0. The first kappa shape index (κ1) is 27.5. The minimum absolute atomic E-state index is 0.0995. The zero-order chi connectivity index (χ0) is 31.5. The van der Waals surface area contributed by atoms with Gasteiger partial charge in [0, 0.05) is 22.1 Å². The molecule has 0 aliphatic heterocycles. The van der Waals surface area contributed by atoms with Gasteiger partial charge in [-0.05, 0) is 75.3 Å². The Hall–Kier alpha value is -5.86. The van der Waals surface area contributed by atoms with Gasteiger partial charge < -0.3 is 9.32 Å². The monoisotopic (exact) mass is 603 g/mol. The Morgan fingerprint density at radius 1 is 0.447 bits per heavy atom. The summed E-state index contributed by atoms with van der Waals surface area (Å²) in [5, 5.41) is 2.23. The average Bonchev–Trinajstić information content (AvgIpc) is 3.62. The van der Waals surface area contributed by atoms with Crippen LogP contribution in [0.5, 0.6) is 0 Å². The normalized spacial score (nSPS) is 13.1. The molecule has 0 bridgehead atoms. The van der Waals surface area contributed by atoms with Crippen molar-refractivity contribution in [3.05, 3.63) is 175 Å². The number of nitrogens with zero attached hydrogens (tertiary/aromatic N) is 1. The smallest absolute Gasteiger partial charge is 0.137 e.